The number of amides is 1. The number of hydrogen-bond donors (Lipinski definition) is 2. The van der Waals surface area contributed by atoms with Gasteiger partial charge in [0.25, 0.3) is 7.82 Å². The lowest BCUT2D eigenvalue weighted by Crippen LogP contribution is -2.45. The molecule has 0 aliphatic heterocycles. The van der Waals surface area contributed by atoms with E-state index in [1.165, 1.54) is 19.3 Å². The molecule has 0 heterocycles. The predicted molar refractivity (Wildman–Crippen MR) is 210 cm³/mol. The van der Waals surface area contributed by atoms with E-state index >= 15 is 0 Å². The van der Waals surface area contributed by atoms with Crippen LogP contribution in [0.5, 0.6) is 0 Å². The summed E-state index contributed by atoms with van der Waals surface area (Å²) < 4.78 is 23.1. The third-order valence-corrected chi connectivity index (χ3v) is 8.84. The lowest BCUT2D eigenvalue weighted by Gasteiger charge is -2.29. The van der Waals surface area contributed by atoms with Crippen LogP contribution in [-0.2, 0) is 18.4 Å². The van der Waals surface area contributed by atoms with Gasteiger partial charge in [-0.3, -0.25) is 9.36 Å². The molecule has 0 radical (unpaired) electrons. The maximum absolute atomic E-state index is 12.8. The second-order valence-corrected chi connectivity index (χ2v) is 15.3. The van der Waals surface area contributed by atoms with Gasteiger partial charge >= 0.3 is 0 Å². The van der Waals surface area contributed by atoms with Crippen molar-refractivity contribution in [3.05, 3.63) is 72.9 Å². The highest BCUT2D eigenvalue weighted by atomic mass is 31.2. The van der Waals surface area contributed by atoms with Crippen molar-refractivity contribution in [3.8, 4) is 0 Å². The number of rotatable bonds is 33. The maximum Gasteiger partial charge on any atom is 0.268 e. The SMILES string of the molecule is CC/C=C\C/C=C\C/C=C\CCCCCCCC(=O)NC(COP(=O)([O-])OCC[N+](C)(C)C)C(O)/C=C/CC/C=C/CC/C=C/CCCCC. The first kappa shape index (κ1) is 47.9. The van der Waals surface area contributed by atoms with Gasteiger partial charge in [0, 0.05) is 6.42 Å². The van der Waals surface area contributed by atoms with Gasteiger partial charge in [0.15, 0.2) is 0 Å². The highest BCUT2D eigenvalue weighted by Gasteiger charge is 2.23. The van der Waals surface area contributed by atoms with Gasteiger partial charge in [0.1, 0.15) is 13.2 Å². The Labute approximate surface area is 306 Å². The zero-order chi connectivity index (χ0) is 37.2. The molecule has 288 valence electrons. The number of carbonyl (C=O) groups excluding carboxylic acids is 1. The topological polar surface area (TPSA) is 108 Å². The smallest absolute Gasteiger partial charge is 0.268 e. The zero-order valence-electron chi connectivity index (χ0n) is 32.3. The number of carbonyl (C=O) groups is 1. The highest BCUT2D eigenvalue weighted by molar-refractivity contribution is 7.45. The van der Waals surface area contributed by atoms with E-state index in [9.17, 15) is 19.4 Å². The second-order valence-electron chi connectivity index (χ2n) is 13.9. The van der Waals surface area contributed by atoms with Crippen molar-refractivity contribution in [1.29, 1.82) is 0 Å². The molecule has 0 aromatic heterocycles. The Hall–Kier alpha value is -2.06. The average molecular weight is 721 g/mol. The number of allylic oxidation sites excluding steroid dienone is 11. The molecule has 2 N–H and O–H groups in total. The van der Waals surface area contributed by atoms with Gasteiger partial charge in [-0.1, -0.05) is 119 Å². The molecule has 0 spiro atoms. The van der Waals surface area contributed by atoms with Crippen molar-refractivity contribution < 1.29 is 32.9 Å². The molecule has 0 saturated carbocycles. The monoisotopic (exact) mass is 721 g/mol. The molecule has 50 heavy (non-hydrogen) atoms. The van der Waals surface area contributed by atoms with E-state index in [2.05, 4.69) is 79.9 Å². The van der Waals surface area contributed by atoms with E-state index in [0.29, 0.717) is 17.4 Å². The Kier molecular flexibility index (Phi) is 31.5. The minimum Gasteiger partial charge on any atom is -0.756 e. The van der Waals surface area contributed by atoms with Gasteiger partial charge in [-0.05, 0) is 77.0 Å². The molecule has 0 saturated heterocycles. The zero-order valence-corrected chi connectivity index (χ0v) is 33.2. The quantitative estimate of drug-likeness (QED) is 0.0303. The summed E-state index contributed by atoms with van der Waals surface area (Å²) in [7, 11) is 1.20. The predicted octanol–water partition coefficient (Wildman–Crippen LogP) is 9.44. The van der Waals surface area contributed by atoms with Gasteiger partial charge in [0.05, 0.1) is 39.9 Å². The van der Waals surface area contributed by atoms with Crippen LogP contribution in [0, 0.1) is 0 Å². The number of likely N-dealkylation sites (N-methyl/N-ethyl adjacent to an activating group) is 1. The van der Waals surface area contributed by atoms with E-state index in [-0.39, 0.29) is 12.5 Å². The fourth-order valence-corrected chi connectivity index (χ4v) is 5.51. The van der Waals surface area contributed by atoms with Gasteiger partial charge in [0.2, 0.25) is 5.91 Å². The van der Waals surface area contributed by atoms with E-state index in [4.69, 9.17) is 9.05 Å². The molecule has 0 rings (SSSR count). The number of nitrogens with one attached hydrogen (secondary N) is 1. The number of nitrogens with zero attached hydrogens (tertiary/aromatic N) is 1. The third-order valence-electron chi connectivity index (χ3n) is 7.88. The fraction of sp³-hybridized carbons (Fsp3) is 0.683. The first-order valence-electron chi connectivity index (χ1n) is 19.3. The Bertz CT molecular complexity index is 1040. The van der Waals surface area contributed by atoms with Crippen molar-refractivity contribution in [2.75, 3.05) is 40.9 Å². The number of phosphoric acid groups is 1. The molecule has 0 aromatic rings. The number of phosphoric ester groups is 1. The Morgan fingerprint density at radius 2 is 1.24 bits per heavy atom. The van der Waals surface area contributed by atoms with Gasteiger partial charge < -0.3 is 28.8 Å². The standard InChI is InChI=1S/C41H73N2O6P/c1-6-8-10-12-14-16-18-20-21-23-25-27-29-31-33-35-41(45)42-39(38-49-50(46,47)48-37-36-43(3,4)5)40(44)34-32-30-28-26-24-22-19-17-15-13-11-9-7-2/h8,10,14-17,20-21,24,26,32,34,39-40,44H,6-7,9,11-13,18-19,22-23,25,27-31,33,35-38H2,1-5H3,(H-,42,45,46,47)/b10-8-,16-14-,17-15+,21-20-,26-24+,34-32+. The molecule has 0 aromatic carbocycles. The molecule has 3 unspecified atom stereocenters. The summed E-state index contributed by atoms with van der Waals surface area (Å²) in [6.07, 6.45) is 42.3. The minimum absolute atomic E-state index is 0.0165. The number of hydrogen-bond acceptors (Lipinski definition) is 6. The van der Waals surface area contributed by atoms with Crippen LogP contribution < -0.4 is 10.2 Å². The van der Waals surface area contributed by atoms with Crippen molar-refractivity contribution in [2.24, 2.45) is 0 Å². The molecular formula is C41H73N2O6P. The number of aliphatic hydroxyl groups excluding tert-OH is 1. The summed E-state index contributed by atoms with van der Waals surface area (Å²) in [6.45, 7) is 4.41. The van der Waals surface area contributed by atoms with Crippen LogP contribution in [-0.4, -0.2) is 68.5 Å². The van der Waals surface area contributed by atoms with E-state index < -0.39 is 26.6 Å². The molecule has 8 nitrogen and oxygen atoms in total. The summed E-state index contributed by atoms with van der Waals surface area (Å²) in [5.41, 5.74) is 0. The van der Waals surface area contributed by atoms with E-state index in [0.717, 1.165) is 89.9 Å². The molecule has 1 amide bonds. The molecular weight excluding hydrogens is 647 g/mol. The van der Waals surface area contributed by atoms with Crippen molar-refractivity contribution in [3.63, 3.8) is 0 Å². The van der Waals surface area contributed by atoms with Crippen molar-refractivity contribution in [2.45, 2.75) is 142 Å². The Morgan fingerprint density at radius 3 is 1.86 bits per heavy atom. The molecule has 3 atom stereocenters. The summed E-state index contributed by atoms with van der Waals surface area (Å²) in [6, 6.07) is -0.919. The molecule has 0 fully saturated rings. The first-order chi connectivity index (χ1) is 24.0. The van der Waals surface area contributed by atoms with Crippen LogP contribution >= 0.6 is 7.82 Å². The Morgan fingerprint density at radius 1 is 0.720 bits per heavy atom. The van der Waals surface area contributed by atoms with Gasteiger partial charge in [-0.15, -0.1) is 0 Å². The van der Waals surface area contributed by atoms with Gasteiger partial charge in [-0.2, -0.15) is 0 Å². The summed E-state index contributed by atoms with van der Waals surface area (Å²) in [4.78, 5) is 25.2. The number of unbranched alkanes of at least 4 members (excludes halogenated alkanes) is 10. The summed E-state index contributed by atoms with van der Waals surface area (Å²) in [5.74, 6) is -0.235. The summed E-state index contributed by atoms with van der Waals surface area (Å²) >= 11 is 0. The van der Waals surface area contributed by atoms with E-state index in [1.54, 1.807) is 6.08 Å². The summed E-state index contributed by atoms with van der Waals surface area (Å²) in [5, 5.41) is 13.7. The minimum atomic E-state index is -4.60. The normalized spacial score (nSPS) is 15.4. The maximum atomic E-state index is 12.8. The van der Waals surface area contributed by atoms with Crippen LogP contribution in [0.2, 0.25) is 0 Å². The lowest BCUT2D eigenvalue weighted by molar-refractivity contribution is -0.870. The van der Waals surface area contributed by atoms with Crippen molar-refractivity contribution in [1.82, 2.24) is 5.32 Å². The number of aliphatic hydroxyl groups is 1. The molecule has 0 aliphatic carbocycles. The van der Waals surface area contributed by atoms with Crippen LogP contribution in [0.15, 0.2) is 72.9 Å². The third kappa shape index (κ3) is 34.4. The van der Waals surface area contributed by atoms with Crippen LogP contribution in [0.1, 0.15) is 129 Å². The molecule has 0 aliphatic rings. The largest absolute Gasteiger partial charge is 0.756 e. The second kappa shape index (κ2) is 32.8. The van der Waals surface area contributed by atoms with E-state index in [1.807, 2.05) is 27.2 Å². The highest BCUT2D eigenvalue weighted by Crippen LogP contribution is 2.38. The van der Waals surface area contributed by atoms with Crippen LogP contribution in [0.3, 0.4) is 0 Å². The average Bonchev–Trinajstić information content (AvgIpc) is 3.06. The van der Waals surface area contributed by atoms with Crippen LogP contribution in [0.4, 0.5) is 0 Å². The first-order valence-corrected chi connectivity index (χ1v) is 20.8. The fourth-order valence-electron chi connectivity index (χ4n) is 4.78. The van der Waals surface area contributed by atoms with Gasteiger partial charge in [-0.25, -0.2) is 0 Å². The number of quaternary nitrogens is 1. The Balaban J connectivity index is 4.65. The van der Waals surface area contributed by atoms with Crippen LogP contribution in [0.25, 0.3) is 0 Å². The lowest BCUT2D eigenvalue weighted by atomic mass is 10.1. The van der Waals surface area contributed by atoms with Crippen molar-refractivity contribution >= 4 is 13.7 Å². The molecule has 9 heteroatoms. The molecule has 0 bridgehead atoms.